The van der Waals surface area contributed by atoms with E-state index in [9.17, 15) is 4.79 Å². The van der Waals surface area contributed by atoms with E-state index in [4.69, 9.17) is 4.74 Å². The van der Waals surface area contributed by atoms with Crippen LogP contribution in [0.15, 0.2) is 12.4 Å². The third-order valence-electron chi connectivity index (χ3n) is 1.74. The van der Waals surface area contributed by atoms with E-state index < -0.39 is 0 Å². The number of esters is 1. The van der Waals surface area contributed by atoms with Crippen LogP contribution in [-0.2, 0) is 9.53 Å². The topological polar surface area (TPSA) is 73.3 Å². The van der Waals surface area contributed by atoms with Crippen LogP contribution in [0.4, 0.5) is 5.82 Å². The molecular weight excluding hydrogens is 210 g/mol. The molecule has 1 rings (SSSR count). The third kappa shape index (κ3) is 4.12. The van der Waals surface area contributed by atoms with Gasteiger partial charge < -0.3 is 14.8 Å². The third-order valence-corrected chi connectivity index (χ3v) is 1.74. The molecule has 1 aromatic rings. The van der Waals surface area contributed by atoms with Crippen LogP contribution in [0.1, 0.15) is 13.3 Å². The van der Waals surface area contributed by atoms with Gasteiger partial charge in [-0.2, -0.15) is 0 Å². The number of ether oxygens (including phenoxy) is 2. The number of carbonyl (C=O) groups is 1. The van der Waals surface area contributed by atoms with Crippen LogP contribution < -0.4 is 10.1 Å². The summed E-state index contributed by atoms with van der Waals surface area (Å²) in [5.41, 5.74) is 0. The van der Waals surface area contributed by atoms with Gasteiger partial charge in [-0.15, -0.1) is 0 Å². The monoisotopic (exact) mass is 225 g/mol. The van der Waals surface area contributed by atoms with E-state index in [1.165, 1.54) is 13.4 Å². The molecule has 0 aliphatic rings. The van der Waals surface area contributed by atoms with Gasteiger partial charge in [0.2, 0.25) is 5.88 Å². The van der Waals surface area contributed by atoms with Crippen LogP contribution in [0.2, 0.25) is 0 Å². The maximum Gasteiger partial charge on any atom is 0.325 e. The summed E-state index contributed by atoms with van der Waals surface area (Å²) in [5.74, 6) is 0.672. The largest absolute Gasteiger partial charge is 0.478 e. The summed E-state index contributed by atoms with van der Waals surface area (Å²) in [7, 11) is 1.33. The molecule has 0 spiro atoms. The minimum atomic E-state index is -0.352. The zero-order valence-electron chi connectivity index (χ0n) is 9.40. The molecule has 88 valence electrons. The second-order valence-electron chi connectivity index (χ2n) is 3.02. The van der Waals surface area contributed by atoms with Crippen molar-refractivity contribution in [3.8, 4) is 5.88 Å². The lowest BCUT2D eigenvalue weighted by atomic mass is 10.5. The van der Waals surface area contributed by atoms with Gasteiger partial charge in [-0.3, -0.25) is 4.79 Å². The first-order valence-electron chi connectivity index (χ1n) is 5.01. The minimum Gasteiger partial charge on any atom is -0.478 e. The zero-order chi connectivity index (χ0) is 11.8. The highest BCUT2D eigenvalue weighted by atomic mass is 16.5. The van der Waals surface area contributed by atoms with Crippen molar-refractivity contribution in [2.24, 2.45) is 0 Å². The number of carbonyl (C=O) groups excluding carboxylic acids is 1. The molecule has 6 nitrogen and oxygen atoms in total. The van der Waals surface area contributed by atoms with E-state index in [0.717, 1.165) is 6.42 Å². The smallest absolute Gasteiger partial charge is 0.325 e. The van der Waals surface area contributed by atoms with Gasteiger partial charge in [-0.25, -0.2) is 9.97 Å². The lowest BCUT2D eigenvalue weighted by Crippen LogP contribution is -2.15. The molecule has 0 aliphatic heterocycles. The van der Waals surface area contributed by atoms with Crippen LogP contribution in [0, 0.1) is 0 Å². The van der Waals surface area contributed by atoms with Crippen molar-refractivity contribution in [1.29, 1.82) is 0 Å². The van der Waals surface area contributed by atoms with Crippen molar-refractivity contribution in [1.82, 2.24) is 9.97 Å². The van der Waals surface area contributed by atoms with Gasteiger partial charge in [0.15, 0.2) is 0 Å². The molecule has 0 amide bonds. The summed E-state index contributed by atoms with van der Waals surface area (Å²) >= 11 is 0. The standard InChI is InChI=1S/C10H15N3O3/c1-3-4-16-9-5-8(12-7-13-9)11-6-10(14)15-2/h5,7H,3-4,6H2,1-2H3,(H,11,12,13). The maximum atomic E-state index is 10.9. The van der Waals surface area contributed by atoms with Crippen molar-refractivity contribution in [2.75, 3.05) is 25.6 Å². The van der Waals surface area contributed by atoms with Gasteiger partial charge in [0.05, 0.1) is 13.7 Å². The number of hydrogen-bond donors (Lipinski definition) is 1. The lowest BCUT2D eigenvalue weighted by Gasteiger charge is -2.06. The van der Waals surface area contributed by atoms with E-state index in [2.05, 4.69) is 20.0 Å². The molecule has 0 atom stereocenters. The number of aromatic nitrogens is 2. The van der Waals surface area contributed by atoms with Gasteiger partial charge in [0.25, 0.3) is 0 Å². The number of methoxy groups -OCH3 is 1. The number of nitrogens with one attached hydrogen (secondary N) is 1. The van der Waals surface area contributed by atoms with Gasteiger partial charge >= 0.3 is 5.97 Å². The lowest BCUT2D eigenvalue weighted by molar-refractivity contribution is -0.138. The number of nitrogens with zero attached hydrogens (tertiary/aromatic N) is 2. The Morgan fingerprint density at radius 1 is 1.50 bits per heavy atom. The van der Waals surface area contributed by atoms with E-state index in [-0.39, 0.29) is 12.5 Å². The van der Waals surface area contributed by atoms with Crippen molar-refractivity contribution in [3.05, 3.63) is 12.4 Å². The molecule has 1 N–H and O–H groups in total. The van der Waals surface area contributed by atoms with E-state index >= 15 is 0 Å². The first-order chi connectivity index (χ1) is 7.76. The average Bonchev–Trinajstić information content (AvgIpc) is 2.34. The Hall–Kier alpha value is -1.85. The van der Waals surface area contributed by atoms with Gasteiger partial charge in [-0.1, -0.05) is 6.92 Å². The average molecular weight is 225 g/mol. The molecule has 0 aliphatic carbocycles. The first kappa shape index (κ1) is 12.2. The maximum absolute atomic E-state index is 10.9. The fourth-order valence-electron chi connectivity index (χ4n) is 0.957. The van der Waals surface area contributed by atoms with Crippen molar-refractivity contribution < 1.29 is 14.3 Å². The Labute approximate surface area is 94.0 Å². The fraction of sp³-hybridized carbons (Fsp3) is 0.500. The van der Waals surface area contributed by atoms with Crippen molar-refractivity contribution >= 4 is 11.8 Å². The number of rotatable bonds is 6. The van der Waals surface area contributed by atoms with Crippen molar-refractivity contribution in [2.45, 2.75) is 13.3 Å². The molecule has 0 aromatic carbocycles. The number of hydrogen-bond acceptors (Lipinski definition) is 6. The molecule has 1 aromatic heterocycles. The summed E-state index contributed by atoms with van der Waals surface area (Å²) in [6, 6.07) is 1.64. The molecular formula is C10H15N3O3. The molecule has 0 bridgehead atoms. The van der Waals surface area contributed by atoms with Gasteiger partial charge in [0, 0.05) is 6.07 Å². The molecule has 0 saturated carbocycles. The van der Waals surface area contributed by atoms with Crippen LogP contribution >= 0.6 is 0 Å². The van der Waals surface area contributed by atoms with Crippen LogP contribution in [-0.4, -0.2) is 36.2 Å². The molecule has 6 heteroatoms. The normalized spacial score (nSPS) is 9.62. The predicted octanol–water partition coefficient (Wildman–Crippen LogP) is 0.850. The summed E-state index contributed by atoms with van der Waals surface area (Å²) in [4.78, 5) is 18.8. The summed E-state index contributed by atoms with van der Waals surface area (Å²) in [6.07, 6.45) is 2.29. The van der Waals surface area contributed by atoms with E-state index in [0.29, 0.717) is 18.3 Å². The second-order valence-corrected chi connectivity index (χ2v) is 3.02. The Balaban J connectivity index is 2.50. The first-order valence-corrected chi connectivity index (χ1v) is 5.01. The van der Waals surface area contributed by atoms with Gasteiger partial charge in [0.1, 0.15) is 18.7 Å². The fourth-order valence-corrected chi connectivity index (χ4v) is 0.957. The molecule has 16 heavy (non-hydrogen) atoms. The summed E-state index contributed by atoms with van der Waals surface area (Å²) < 4.78 is 9.81. The molecule has 0 saturated heterocycles. The zero-order valence-corrected chi connectivity index (χ0v) is 9.40. The Morgan fingerprint density at radius 3 is 3.00 bits per heavy atom. The van der Waals surface area contributed by atoms with Crippen LogP contribution in [0.3, 0.4) is 0 Å². The Morgan fingerprint density at radius 2 is 2.31 bits per heavy atom. The van der Waals surface area contributed by atoms with E-state index in [1.54, 1.807) is 6.07 Å². The number of anilines is 1. The molecule has 1 heterocycles. The quantitative estimate of drug-likeness (QED) is 0.723. The molecule has 0 radical (unpaired) electrons. The summed E-state index contributed by atoms with van der Waals surface area (Å²) in [5, 5.41) is 2.81. The van der Waals surface area contributed by atoms with Gasteiger partial charge in [-0.05, 0) is 6.42 Å². The highest BCUT2D eigenvalue weighted by Gasteiger charge is 2.02. The Bertz CT molecular complexity index is 344. The van der Waals surface area contributed by atoms with Crippen LogP contribution in [0.5, 0.6) is 5.88 Å². The van der Waals surface area contributed by atoms with Crippen LogP contribution in [0.25, 0.3) is 0 Å². The molecule has 0 fully saturated rings. The minimum absolute atomic E-state index is 0.0702. The summed E-state index contributed by atoms with van der Waals surface area (Å²) in [6.45, 7) is 2.69. The second kappa shape index (κ2) is 6.60. The highest BCUT2D eigenvalue weighted by molar-refractivity contribution is 5.74. The molecule has 0 unspecified atom stereocenters. The Kier molecular flexibility index (Phi) is 5.04. The van der Waals surface area contributed by atoms with E-state index in [1.807, 2.05) is 6.92 Å². The van der Waals surface area contributed by atoms with Crippen molar-refractivity contribution in [3.63, 3.8) is 0 Å². The SMILES string of the molecule is CCCOc1cc(NCC(=O)OC)ncn1. The highest BCUT2D eigenvalue weighted by Crippen LogP contribution is 2.10. The predicted molar refractivity (Wildman–Crippen MR) is 58.3 cm³/mol.